The zero-order valence-corrected chi connectivity index (χ0v) is 18.0. The first kappa shape index (κ1) is 20.3. The molecule has 3 N–H and O–H groups in total. The fraction of sp³-hybridized carbons (Fsp3) is 0.208. The highest BCUT2D eigenvalue weighted by Crippen LogP contribution is 2.32. The van der Waals surface area contributed by atoms with E-state index in [0.29, 0.717) is 29.2 Å². The van der Waals surface area contributed by atoms with Gasteiger partial charge in [0.15, 0.2) is 0 Å². The summed E-state index contributed by atoms with van der Waals surface area (Å²) in [5, 5.41) is 4.43. The highest BCUT2D eigenvalue weighted by atomic mass is 35.5. The number of hydrogen-bond acceptors (Lipinski definition) is 3. The molecule has 1 aromatic heterocycles. The molecule has 0 spiro atoms. The van der Waals surface area contributed by atoms with E-state index in [0.717, 1.165) is 35.1 Å². The van der Waals surface area contributed by atoms with Crippen molar-refractivity contribution in [3.63, 3.8) is 0 Å². The molecule has 1 atom stereocenters. The second-order valence-corrected chi connectivity index (χ2v) is 8.45. The average Bonchev–Trinajstić information content (AvgIpc) is 3.52. The van der Waals surface area contributed by atoms with Gasteiger partial charge in [-0.05, 0) is 42.2 Å². The number of allylic oxidation sites excluding steroid dienone is 1. The molecule has 1 unspecified atom stereocenters. The molecule has 162 valence electrons. The van der Waals surface area contributed by atoms with Crippen LogP contribution in [0, 0.1) is 0 Å². The molecule has 7 nitrogen and oxygen atoms in total. The largest absolute Gasteiger partial charge is 0.351 e. The minimum Gasteiger partial charge on any atom is -0.351 e. The first-order chi connectivity index (χ1) is 15.5. The number of likely N-dealkylation sites (tertiary alicyclic amines) is 1. The second kappa shape index (κ2) is 8.16. The highest BCUT2D eigenvalue weighted by molar-refractivity contribution is 6.30. The molecule has 8 heteroatoms. The Hall–Kier alpha value is -3.58. The number of nitrogens with zero attached hydrogens (tertiary/aromatic N) is 3. The van der Waals surface area contributed by atoms with E-state index >= 15 is 0 Å². The van der Waals surface area contributed by atoms with Gasteiger partial charge in [0.25, 0.3) is 0 Å². The van der Waals surface area contributed by atoms with Crippen molar-refractivity contribution in [1.82, 2.24) is 9.47 Å². The van der Waals surface area contributed by atoms with E-state index in [-0.39, 0.29) is 12.1 Å². The number of anilines is 1. The van der Waals surface area contributed by atoms with Gasteiger partial charge in [-0.15, -0.1) is 0 Å². The maximum absolute atomic E-state index is 13.2. The Morgan fingerprint density at radius 3 is 2.81 bits per heavy atom. The van der Waals surface area contributed by atoms with Gasteiger partial charge >= 0.3 is 12.1 Å². The highest BCUT2D eigenvalue weighted by Gasteiger charge is 2.34. The Morgan fingerprint density at radius 2 is 2.00 bits per heavy atom. The smallest absolute Gasteiger partial charge is 0.323 e. The summed E-state index contributed by atoms with van der Waals surface area (Å²) < 4.78 is 1.34. The van der Waals surface area contributed by atoms with Crippen molar-refractivity contribution in [2.45, 2.75) is 25.3 Å². The minimum absolute atomic E-state index is 0.0626. The number of nitrogens with one attached hydrogen (secondary N) is 1. The van der Waals surface area contributed by atoms with Gasteiger partial charge in [-0.1, -0.05) is 41.9 Å². The predicted molar refractivity (Wildman–Crippen MR) is 127 cm³/mol. The first-order valence-electron chi connectivity index (χ1n) is 10.5. The van der Waals surface area contributed by atoms with Crippen molar-refractivity contribution in [2.24, 2.45) is 10.7 Å². The van der Waals surface area contributed by atoms with Crippen molar-refractivity contribution < 1.29 is 9.59 Å². The van der Waals surface area contributed by atoms with Crippen LogP contribution in [0.2, 0.25) is 5.02 Å². The number of para-hydroxylation sites is 1. The van der Waals surface area contributed by atoms with Gasteiger partial charge in [-0.25, -0.2) is 9.59 Å². The molecule has 1 saturated heterocycles. The Labute approximate surface area is 190 Å². The monoisotopic (exact) mass is 447 g/mol. The molecule has 0 radical (unpaired) electrons. The topological polar surface area (TPSA) is 92.7 Å². The van der Waals surface area contributed by atoms with Crippen LogP contribution in [0.5, 0.6) is 0 Å². The van der Waals surface area contributed by atoms with Crippen LogP contribution in [-0.4, -0.2) is 39.8 Å². The number of aliphatic imine (C=N–C) groups is 1. The molecule has 3 aromatic rings. The summed E-state index contributed by atoms with van der Waals surface area (Å²) in [5.74, 6) is 0. The van der Waals surface area contributed by atoms with Gasteiger partial charge in [-0.2, -0.15) is 0 Å². The van der Waals surface area contributed by atoms with E-state index < -0.39 is 6.03 Å². The summed E-state index contributed by atoms with van der Waals surface area (Å²) in [6.45, 7) is 0.649. The van der Waals surface area contributed by atoms with E-state index in [2.05, 4.69) is 10.3 Å². The van der Waals surface area contributed by atoms with E-state index in [9.17, 15) is 9.59 Å². The van der Waals surface area contributed by atoms with E-state index in [4.69, 9.17) is 17.3 Å². The van der Waals surface area contributed by atoms with E-state index in [1.807, 2.05) is 53.6 Å². The summed E-state index contributed by atoms with van der Waals surface area (Å²) in [7, 11) is 0. The van der Waals surface area contributed by atoms with Gasteiger partial charge in [0.2, 0.25) is 0 Å². The maximum Gasteiger partial charge on any atom is 0.323 e. The third-order valence-electron chi connectivity index (χ3n) is 6.04. The summed E-state index contributed by atoms with van der Waals surface area (Å²) in [6, 6.07) is 14.2. The fourth-order valence-corrected chi connectivity index (χ4v) is 4.71. The molecule has 32 heavy (non-hydrogen) atoms. The molecule has 0 aliphatic carbocycles. The number of carbonyl (C=O) groups excluding carboxylic acids is 2. The minimum atomic E-state index is -0.597. The average molecular weight is 448 g/mol. The lowest BCUT2D eigenvalue weighted by atomic mass is 9.99. The third kappa shape index (κ3) is 3.65. The standard InChI is InChI=1S/C24H22ClN5O2/c25-17-6-3-5-15(11-17)16-12-19(27-13-16)22-9-4-10-29(22)24(32)28-20-14-30(23(26)31)21-8-2-1-7-18(20)21/h1-3,5-8,11,13-14,22H,4,9-10,12H2,(H2,26,31)(H,28,32). The van der Waals surface area contributed by atoms with Crippen LogP contribution >= 0.6 is 11.6 Å². The number of primary amides is 1. The van der Waals surface area contributed by atoms with Crippen molar-refractivity contribution >= 4 is 51.5 Å². The van der Waals surface area contributed by atoms with Crippen LogP contribution < -0.4 is 11.1 Å². The lowest BCUT2D eigenvalue weighted by Gasteiger charge is -2.25. The lowest BCUT2D eigenvalue weighted by molar-refractivity contribution is 0.216. The van der Waals surface area contributed by atoms with Gasteiger partial charge in [0.05, 0.1) is 17.2 Å². The molecule has 2 aromatic carbocycles. The Kier molecular flexibility index (Phi) is 5.19. The number of carbonyl (C=O) groups is 2. The molecule has 5 rings (SSSR count). The van der Waals surface area contributed by atoms with Crippen LogP contribution in [0.3, 0.4) is 0 Å². The van der Waals surface area contributed by atoms with Crippen molar-refractivity contribution in [2.75, 3.05) is 11.9 Å². The van der Waals surface area contributed by atoms with Gasteiger partial charge in [0.1, 0.15) is 0 Å². The number of amides is 3. The SMILES string of the molecule is NC(=O)n1cc(NC(=O)N2CCCC2C2=NC=C(c3cccc(Cl)c3)C2)c2ccccc21. The van der Waals surface area contributed by atoms with Gasteiger partial charge in [-0.3, -0.25) is 9.56 Å². The number of hydrogen-bond donors (Lipinski definition) is 2. The Bertz CT molecular complexity index is 1290. The lowest BCUT2D eigenvalue weighted by Crippen LogP contribution is -2.42. The number of halogens is 1. The van der Waals surface area contributed by atoms with Crippen molar-refractivity contribution in [3.05, 3.63) is 71.5 Å². The molecule has 0 saturated carbocycles. The van der Waals surface area contributed by atoms with E-state index in [1.54, 1.807) is 12.3 Å². The van der Waals surface area contributed by atoms with Crippen LogP contribution in [0.4, 0.5) is 15.3 Å². The molecule has 3 heterocycles. The van der Waals surface area contributed by atoms with Gasteiger partial charge in [0, 0.05) is 41.5 Å². The molecule has 3 amide bonds. The summed E-state index contributed by atoms with van der Waals surface area (Å²) in [6.07, 6.45) is 5.91. The number of urea groups is 1. The predicted octanol–water partition coefficient (Wildman–Crippen LogP) is 5.10. The zero-order valence-electron chi connectivity index (χ0n) is 17.3. The van der Waals surface area contributed by atoms with Crippen LogP contribution in [0.15, 0.2) is 65.9 Å². The molecular formula is C24H22ClN5O2. The molecule has 0 bridgehead atoms. The van der Waals surface area contributed by atoms with Crippen LogP contribution in [-0.2, 0) is 0 Å². The number of aromatic nitrogens is 1. The molecular weight excluding hydrogens is 426 g/mol. The number of rotatable bonds is 3. The number of nitrogens with two attached hydrogens (primary N) is 1. The second-order valence-electron chi connectivity index (χ2n) is 8.01. The number of benzene rings is 2. The molecule has 1 fully saturated rings. The molecule has 2 aliphatic heterocycles. The molecule has 2 aliphatic rings. The normalized spacial score (nSPS) is 18.0. The van der Waals surface area contributed by atoms with Crippen LogP contribution in [0.25, 0.3) is 16.5 Å². The summed E-state index contributed by atoms with van der Waals surface area (Å²) in [4.78, 5) is 31.5. The zero-order chi connectivity index (χ0) is 22.2. The Balaban J connectivity index is 1.33. The van der Waals surface area contributed by atoms with Crippen molar-refractivity contribution in [1.29, 1.82) is 0 Å². The Morgan fingerprint density at radius 1 is 1.16 bits per heavy atom. The third-order valence-corrected chi connectivity index (χ3v) is 6.28. The first-order valence-corrected chi connectivity index (χ1v) is 10.9. The van der Waals surface area contributed by atoms with Crippen LogP contribution in [0.1, 0.15) is 24.8 Å². The fourth-order valence-electron chi connectivity index (χ4n) is 4.52. The number of fused-ring (bicyclic) bond motifs is 1. The quantitative estimate of drug-likeness (QED) is 0.584. The summed E-state index contributed by atoms with van der Waals surface area (Å²) >= 11 is 6.13. The van der Waals surface area contributed by atoms with E-state index in [1.165, 1.54) is 4.57 Å². The van der Waals surface area contributed by atoms with Crippen molar-refractivity contribution in [3.8, 4) is 0 Å². The maximum atomic E-state index is 13.2. The van der Waals surface area contributed by atoms with Gasteiger partial charge < -0.3 is 16.0 Å². The summed E-state index contributed by atoms with van der Waals surface area (Å²) in [5.41, 5.74) is 9.83.